The smallest absolute Gasteiger partial charge is 0.252 e. The largest absolute Gasteiger partial charge is 0.494 e. The molecule has 0 aromatic heterocycles. The Kier molecular flexibility index (Phi) is 10.7. The number of hydrogen-bond donors (Lipinski definition) is 2. The van der Waals surface area contributed by atoms with E-state index in [-0.39, 0.29) is 12.5 Å². The van der Waals surface area contributed by atoms with Crippen LogP contribution >= 0.6 is 15.9 Å². The summed E-state index contributed by atoms with van der Waals surface area (Å²) in [7, 11) is 0. The number of aliphatic hydroxyl groups is 1. The maximum absolute atomic E-state index is 14.5. The van der Waals surface area contributed by atoms with E-state index in [1.807, 2.05) is 110 Å². The third-order valence-electron chi connectivity index (χ3n) is 7.50. The number of aliphatic hydroxyl groups excluding tert-OH is 1. The Morgan fingerprint density at radius 2 is 1.64 bits per heavy atom. The van der Waals surface area contributed by atoms with Gasteiger partial charge in [0.1, 0.15) is 11.5 Å². The number of nitrogens with zero attached hydrogens (tertiary/aromatic N) is 1. The molecule has 2 atom stereocenters. The molecule has 0 fully saturated rings. The number of amides is 1. The molecule has 1 amide bonds. The molecule has 0 radical (unpaired) electrons. The molecule has 0 aliphatic carbocycles. The zero-order valence-corrected chi connectivity index (χ0v) is 26.3. The Bertz CT molecular complexity index is 1560. The van der Waals surface area contributed by atoms with Crippen LogP contribution in [-0.2, 0) is 22.4 Å². The SMILES string of the molecule is CCOc1ccccc1CCNC(=O)[C@]1(Cc2ccccc2Br)N=C(c2ccc(OCCCO)cc2)O[C@@H]1c1ccccc1. The molecule has 0 saturated carbocycles. The van der Waals surface area contributed by atoms with E-state index in [0.717, 1.165) is 32.5 Å². The Morgan fingerprint density at radius 1 is 0.932 bits per heavy atom. The number of rotatable bonds is 14. The quantitative estimate of drug-likeness (QED) is 0.152. The van der Waals surface area contributed by atoms with E-state index in [0.29, 0.717) is 50.7 Å². The van der Waals surface area contributed by atoms with Crippen LogP contribution in [-0.4, -0.2) is 48.8 Å². The second-order valence-electron chi connectivity index (χ2n) is 10.5. The molecule has 2 N–H and O–H groups in total. The molecule has 4 aromatic carbocycles. The average Bonchev–Trinajstić information content (AvgIpc) is 3.44. The van der Waals surface area contributed by atoms with Crippen LogP contribution in [0.15, 0.2) is 113 Å². The lowest BCUT2D eigenvalue weighted by molar-refractivity contribution is -0.128. The van der Waals surface area contributed by atoms with Crippen molar-refractivity contribution in [2.24, 2.45) is 4.99 Å². The minimum atomic E-state index is -1.28. The number of halogens is 1. The fourth-order valence-corrected chi connectivity index (χ4v) is 5.74. The van der Waals surface area contributed by atoms with Crippen LogP contribution in [0.1, 0.15) is 41.7 Å². The van der Waals surface area contributed by atoms with Crippen molar-refractivity contribution in [3.8, 4) is 11.5 Å². The third-order valence-corrected chi connectivity index (χ3v) is 8.28. The van der Waals surface area contributed by atoms with Crippen molar-refractivity contribution in [3.63, 3.8) is 0 Å². The molecule has 228 valence electrons. The highest BCUT2D eigenvalue weighted by atomic mass is 79.9. The highest BCUT2D eigenvalue weighted by molar-refractivity contribution is 9.10. The summed E-state index contributed by atoms with van der Waals surface area (Å²) >= 11 is 3.69. The van der Waals surface area contributed by atoms with Gasteiger partial charge in [-0.2, -0.15) is 0 Å². The minimum Gasteiger partial charge on any atom is -0.494 e. The van der Waals surface area contributed by atoms with Crippen LogP contribution in [0, 0.1) is 0 Å². The van der Waals surface area contributed by atoms with E-state index in [2.05, 4.69) is 21.2 Å². The molecular formula is C36H37BrN2O5. The summed E-state index contributed by atoms with van der Waals surface area (Å²) in [6.45, 7) is 3.44. The molecular weight excluding hydrogens is 620 g/mol. The zero-order valence-electron chi connectivity index (χ0n) is 24.7. The number of carbonyl (C=O) groups is 1. The van der Waals surface area contributed by atoms with E-state index >= 15 is 0 Å². The van der Waals surface area contributed by atoms with Gasteiger partial charge in [-0.1, -0.05) is 82.7 Å². The number of aliphatic imine (C=N–C) groups is 1. The molecule has 8 heteroatoms. The number of para-hydroxylation sites is 1. The number of nitrogens with one attached hydrogen (secondary N) is 1. The van der Waals surface area contributed by atoms with E-state index in [1.54, 1.807) is 0 Å². The maximum atomic E-state index is 14.5. The van der Waals surface area contributed by atoms with Crippen LogP contribution in [0.3, 0.4) is 0 Å². The van der Waals surface area contributed by atoms with Crippen molar-refractivity contribution < 1.29 is 24.1 Å². The normalized spacial score (nSPS) is 17.4. The van der Waals surface area contributed by atoms with Gasteiger partial charge in [-0.05, 0) is 66.4 Å². The summed E-state index contributed by atoms with van der Waals surface area (Å²) in [6.07, 6.45) is 0.821. The minimum absolute atomic E-state index is 0.0737. The van der Waals surface area contributed by atoms with Crippen LogP contribution in [0.2, 0.25) is 0 Å². The monoisotopic (exact) mass is 656 g/mol. The Morgan fingerprint density at radius 3 is 2.36 bits per heavy atom. The summed E-state index contributed by atoms with van der Waals surface area (Å²) in [4.78, 5) is 19.6. The van der Waals surface area contributed by atoms with Crippen molar-refractivity contribution in [3.05, 3.63) is 130 Å². The summed E-state index contributed by atoms with van der Waals surface area (Å²) < 4.78 is 19.0. The molecule has 44 heavy (non-hydrogen) atoms. The second-order valence-corrected chi connectivity index (χ2v) is 11.4. The average molecular weight is 658 g/mol. The van der Waals surface area contributed by atoms with E-state index < -0.39 is 11.6 Å². The molecule has 5 rings (SSSR count). The first-order valence-electron chi connectivity index (χ1n) is 14.9. The van der Waals surface area contributed by atoms with Gasteiger partial charge in [0, 0.05) is 36.0 Å². The Labute approximate surface area is 267 Å². The molecule has 0 unspecified atom stereocenters. The first kappa shape index (κ1) is 31.3. The van der Waals surface area contributed by atoms with Crippen molar-refractivity contribution in [2.75, 3.05) is 26.4 Å². The second kappa shape index (κ2) is 15.0. The maximum Gasteiger partial charge on any atom is 0.252 e. The van der Waals surface area contributed by atoms with Gasteiger partial charge in [-0.15, -0.1) is 0 Å². The fraction of sp³-hybridized carbons (Fsp3) is 0.278. The van der Waals surface area contributed by atoms with E-state index in [9.17, 15) is 4.79 Å². The highest BCUT2D eigenvalue weighted by Gasteiger charge is 2.53. The molecule has 0 bridgehead atoms. The summed E-state index contributed by atoms with van der Waals surface area (Å²) in [5.41, 5.74) is 2.30. The van der Waals surface area contributed by atoms with Crippen molar-refractivity contribution in [1.82, 2.24) is 5.32 Å². The van der Waals surface area contributed by atoms with Crippen molar-refractivity contribution in [2.45, 2.75) is 37.8 Å². The third kappa shape index (κ3) is 7.31. The number of benzene rings is 4. The summed E-state index contributed by atoms with van der Waals surface area (Å²) in [5, 5.41) is 12.3. The summed E-state index contributed by atoms with van der Waals surface area (Å²) in [5.74, 6) is 1.69. The fourth-order valence-electron chi connectivity index (χ4n) is 5.31. The predicted octanol–water partition coefficient (Wildman–Crippen LogP) is 6.47. The van der Waals surface area contributed by atoms with Gasteiger partial charge in [0.05, 0.1) is 13.2 Å². The van der Waals surface area contributed by atoms with Crippen molar-refractivity contribution in [1.29, 1.82) is 0 Å². The number of carbonyl (C=O) groups excluding carboxylic acids is 1. The lowest BCUT2D eigenvalue weighted by atomic mass is 9.82. The summed E-state index contributed by atoms with van der Waals surface area (Å²) in [6, 6.07) is 33.0. The van der Waals surface area contributed by atoms with E-state index in [4.69, 9.17) is 24.3 Å². The Balaban J connectivity index is 1.50. The highest BCUT2D eigenvalue weighted by Crippen LogP contribution is 2.43. The van der Waals surface area contributed by atoms with Crippen LogP contribution in [0.4, 0.5) is 0 Å². The number of hydrogen-bond acceptors (Lipinski definition) is 6. The molecule has 1 aliphatic rings. The topological polar surface area (TPSA) is 89.4 Å². The lowest BCUT2D eigenvalue weighted by Gasteiger charge is -2.31. The number of ether oxygens (including phenoxy) is 3. The van der Waals surface area contributed by atoms with Gasteiger partial charge in [0.15, 0.2) is 11.6 Å². The first-order valence-corrected chi connectivity index (χ1v) is 15.7. The zero-order chi connectivity index (χ0) is 30.8. The molecule has 0 spiro atoms. The molecule has 1 heterocycles. The van der Waals surface area contributed by atoms with Gasteiger partial charge >= 0.3 is 0 Å². The Hall–Kier alpha value is -4.14. The van der Waals surface area contributed by atoms with Gasteiger partial charge < -0.3 is 24.6 Å². The molecule has 4 aromatic rings. The lowest BCUT2D eigenvalue weighted by Crippen LogP contribution is -2.50. The molecule has 7 nitrogen and oxygen atoms in total. The van der Waals surface area contributed by atoms with Crippen molar-refractivity contribution >= 4 is 27.7 Å². The van der Waals surface area contributed by atoms with Crippen LogP contribution in [0.25, 0.3) is 0 Å². The van der Waals surface area contributed by atoms with Gasteiger partial charge in [0.2, 0.25) is 5.90 Å². The van der Waals surface area contributed by atoms with Crippen LogP contribution in [0.5, 0.6) is 11.5 Å². The standard InChI is InChI=1S/C36H37BrN2O5/c1-2-42-32-16-9-7-11-26(32)21-22-38-35(41)36(25-29-14-6-8-15-31(29)37)33(27-12-4-3-5-13-27)44-34(39-36)28-17-19-30(20-18-28)43-24-10-23-40/h3-9,11-20,33,40H,2,10,21-25H2,1H3,(H,38,41)/t33-,36-/m1/s1. The van der Waals surface area contributed by atoms with Gasteiger partial charge in [-0.25, -0.2) is 4.99 Å². The van der Waals surface area contributed by atoms with Gasteiger partial charge in [0.25, 0.3) is 5.91 Å². The van der Waals surface area contributed by atoms with Gasteiger partial charge in [-0.3, -0.25) is 4.79 Å². The molecule has 1 aliphatic heterocycles. The predicted molar refractivity (Wildman–Crippen MR) is 175 cm³/mol. The first-order chi connectivity index (χ1) is 21.5. The van der Waals surface area contributed by atoms with E-state index in [1.165, 1.54) is 0 Å². The van der Waals surface area contributed by atoms with Crippen LogP contribution < -0.4 is 14.8 Å². The molecule has 0 saturated heterocycles.